The van der Waals surface area contributed by atoms with Crippen LogP contribution in [0.4, 0.5) is 0 Å². The molecule has 2 heterocycles. The molecule has 1 aromatic heterocycles. The molecule has 0 amide bonds. The number of hydrogen-bond acceptors (Lipinski definition) is 2. The van der Waals surface area contributed by atoms with E-state index in [1.54, 1.807) is 16.2 Å². The molecule has 1 spiro atoms. The van der Waals surface area contributed by atoms with Crippen LogP contribution in [0.2, 0.25) is 4.34 Å². The molecule has 1 nitrogen and oxygen atoms in total. The maximum Gasteiger partial charge on any atom is 0.0934 e. The number of thiophene rings is 1. The zero-order valence-electron chi connectivity index (χ0n) is 7.40. The van der Waals surface area contributed by atoms with E-state index in [2.05, 4.69) is 11.4 Å². The van der Waals surface area contributed by atoms with Crippen molar-refractivity contribution in [1.82, 2.24) is 5.32 Å². The second-order valence-corrected chi connectivity index (χ2v) is 5.80. The van der Waals surface area contributed by atoms with E-state index in [1.165, 1.54) is 31.4 Å². The first-order chi connectivity index (χ1) is 6.30. The lowest BCUT2D eigenvalue weighted by Crippen LogP contribution is -2.24. The van der Waals surface area contributed by atoms with Crippen LogP contribution in [-0.2, 0) is 11.8 Å². The van der Waals surface area contributed by atoms with E-state index in [-0.39, 0.29) is 0 Å². The Labute approximate surface area is 87.1 Å². The first-order valence-electron chi connectivity index (χ1n) is 4.80. The molecular weight excluding hydrogens is 202 g/mol. The summed E-state index contributed by atoms with van der Waals surface area (Å²) in [5, 5.41) is 3.47. The highest BCUT2D eigenvalue weighted by molar-refractivity contribution is 7.16. The average molecular weight is 214 g/mol. The lowest BCUT2D eigenvalue weighted by molar-refractivity contribution is 0.475. The van der Waals surface area contributed by atoms with E-state index < -0.39 is 0 Å². The van der Waals surface area contributed by atoms with Crippen molar-refractivity contribution in [1.29, 1.82) is 0 Å². The highest BCUT2D eigenvalue weighted by Crippen LogP contribution is 2.48. The molecule has 0 saturated carbocycles. The van der Waals surface area contributed by atoms with Crippen molar-refractivity contribution in [2.75, 3.05) is 13.1 Å². The molecule has 0 aromatic carbocycles. The lowest BCUT2D eigenvalue weighted by atomic mass is 9.86. The van der Waals surface area contributed by atoms with Gasteiger partial charge in [-0.25, -0.2) is 0 Å². The molecule has 0 radical (unpaired) electrons. The predicted octanol–water partition coefficient (Wildman–Crippen LogP) is 2.58. The largest absolute Gasteiger partial charge is 0.316 e. The van der Waals surface area contributed by atoms with Crippen LogP contribution in [0.3, 0.4) is 0 Å². The maximum absolute atomic E-state index is 6.04. The SMILES string of the molecule is Clc1cc2c(s1)C1(CCNC1)CC2. The van der Waals surface area contributed by atoms with Gasteiger partial charge in [0.05, 0.1) is 4.34 Å². The van der Waals surface area contributed by atoms with Crippen LogP contribution >= 0.6 is 22.9 Å². The molecule has 1 saturated heterocycles. The van der Waals surface area contributed by atoms with Crippen LogP contribution in [0, 0.1) is 0 Å². The monoisotopic (exact) mass is 213 g/mol. The third kappa shape index (κ3) is 1.09. The number of hydrogen-bond donors (Lipinski definition) is 1. The Morgan fingerprint density at radius 1 is 1.46 bits per heavy atom. The molecule has 1 unspecified atom stereocenters. The molecule has 13 heavy (non-hydrogen) atoms. The molecule has 1 fully saturated rings. The second kappa shape index (κ2) is 2.72. The van der Waals surface area contributed by atoms with Gasteiger partial charge in [-0.05, 0) is 37.4 Å². The van der Waals surface area contributed by atoms with Crippen LogP contribution in [0.5, 0.6) is 0 Å². The van der Waals surface area contributed by atoms with Crippen LogP contribution in [0.1, 0.15) is 23.3 Å². The highest BCUT2D eigenvalue weighted by atomic mass is 35.5. The Kier molecular flexibility index (Phi) is 1.73. The zero-order chi connectivity index (χ0) is 8.89. The number of aryl methyl sites for hydroxylation is 1. The predicted molar refractivity (Wildman–Crippen MR) is 56.8 cm³/mol. The summed E-state index contributed by atoms with van der Waals surface area (Å²) in [6.07, 6.45) is 3.87. The minimum Gasteiger partial charge on any atom is -0.316 e. The second-order valence-electron chi connectivity index (χ2n) is 4.11. The summed E-state index contributed by atoms with van der Waals surface area (Å²) in [6.45, 7) is 2.34. The van der Waals surface area contributed by atoms with Gasteiger partial charge in [0, 0.05) is 16.8 Å². The lowest BCUT2D eigenvalue weighted by Gasteiger charge is -2.21. The zero-order valence-corrected chi connectivity index (χ0v) is 8.97. The van der Waals surface area contributed by atoms with Crippen molar-refractivity contribution in [3.8, 4) is 0 Å². The number of fused-ring (bicyclic) bond motifs is 2. The van der Waals surface area contributed by atoms with Crippen LogP contribution in [-0.4, -0.2) is 13.1 Å². The summed E-state index contributed by atoms with van der Waals surface area (Å²) in [5.41, 5.74) is 1.98. The van der Waals surface area contributed by atoms with E-state index in [0.29, 0.717) is 5.41 Å². The van der Waals surface area contributed by atoms with Gasteiger partial charge in [-0.3, -0.25) is 0 Å². The fourth-order valence-electron chi connectivity index (χ4n) is 2.67. The normalized spacial score (nSPS) is 31.5. The van der Waals surface area contributed by atoms with E-state index >= 15 is 0 Å². The molecule has 1 N–H and O–H groups in total. The molecule has 3 heteroatoms. The maximum atomic E-state index is 6.04. The third-order valence-electron chi connectivity index (χ3n) is 3.38. The molecule has 2 aliphatic rings. The molecular formula is C10H12ClNS. The minimum atomic E-state index is 0.465. The van der Waals surface area contributed by atoms with E-state index in [1.807, 2.05) is 0 Å². The van der Waals surface area contributed by atoms with E-state index in [0.717, 1.165) is 10.9 Å². The Morgan fingerprint density at radius 3 is 3.15 bits per heavy atom. The average Bonchev–Trinajstić information content (AvgIpc) is 2.73. The van der Waals surface area contributed by atoms with Gasteiger partial charge in [-0.2, -0.15) is 0 Å². The Hall–Kier alpha value is -0.0500. The number of rotatable bonds is 0. The van der Waals surface area contributed by atoms with E-state index in [4.69, 9.17) is 11.6 Å². The minimum absolute atomic E-state index is 0.465. The molecule has 1 aromatic rings. The smallest absolute Gasteiger partial charge is 0.0934 e. The van der Waals surface area contributed by atoms with E-state index in [9.17, 15) is 0 Å². The third-order valence-corrected chi connectivity index (χ3v) is 4.93. The van der Waals surface area contributed by atoms with Crippen molar-refractivity contribution in [3.05, 3.63) is 20.8 Å². The standard InChI is InChI=1S/C10H12ClNS/c11-8-5-7-1-2-10(9(7)13-8)3-4-12-6-10/h5,12H,1-4,6H2. The van der Waals surface area contributed by atoms with Crippen LogP contribution < -0.4 is 5.32 Å². The summed E-state index contributed by atoms with van der Waals surface area (Å²) >= 11 is 7.84. The molecule has 70 valence electrons. The first kappa shape index (κ1) is 8.27. The van der Waals surface area contributed by atoms with Gasteiger partial charge in [0.15, 0.2) is 0 Å². The number of nitrogens with one attached hydrogen (secondary N) is 1. The quantitative estimate of drug-likeness (QED) is 0.699. The molecule has 0 bridgehead atoms. The van der Waals surface area contributed by atoms with Gasteiger partial charge in [0.2, 0.25) is 0 Å². The van der Waals surface area contributed by atoms with Gasteiger partial charge < -0.3 is 5.32 Å². The molecule has 1 atom stereocenters. The summed E-state index contributed by atoms with van der Waals surface area (Å²) in [6, 6.07) is 2.16. The van der Waals surface area contributed by atoms with Crippen LogP contribution in [0.25, 0.3) is 0 Å². The topological polar surface area (TPSA) is 12.0 Å². The summed E-state index contributed by atoms with van der Waals surface area (Å²) in [4.78, 5) is 1.57. The summed E-state index contributed by atoms with van der Waals surface area (Å²) in [7, 11) is 0. The van der Waals surface area contributed by atoms with Crippen molar-refractivity contribution in [3.63, 3.8) is 0 Å². The van der Waals surface area contributed by atoms with Crippen molar-refractivity contribution >= 4 is 22.9 Å². The van der Waals surface area contributed by atoms with Crippen molar-refractivity contribution in [2.45, 2.75) is 24.7 Å². The molecule has 1 aliphatic heterocycles. The summed E-state index contributed by atoms with van der Waals surface area (Å²) < 4.78 is 0.968. The van der Waals surface area contributed by atoms with Crippen LogP contribution in [0.15, 0.2) is 6.07 Å². The number of halogens is 1. The van der Waals surface area contributed by atoms with Gasteiger partial charge in [0.25, 0.3) is 0 Å². The fraction of sp³-hybridized carbons (Fsp3) is 0.600. The molecule has 3 rings (SSSR count). The first-order valence-corrected chi connectivity index (χ1v) is 5.99. The molecule has 1 aliphatic carbocycles. The Balaban J connectivity index is 2.09. The highest BCUT2D eigenvalue weighted by Gasteiger charge is 2.42. The van der Waals surface area contributed by atoms with Crippen molar-refractivity contribution < 1.29 is 0 Å². The fourth-order valence-corrected chi connectivity index (χ4v) is 4.21. The van der Waals surface area contributed by atoms with Gasteiger partial charge >= 0.3 is 0 Å². The van der Waals surface area contributed by atoms with Crippen molar-refractivity contribution in [2.24, 2.45) is 0 Å². The Morgan fingerprint density at radius 2 is 2.38 bits per heavy atom. The summed E-state index contributed by atoms with van der Waals surface area (Å²) in [5.74, 6) is 0. The van der Waals surface area contributed by atoms with Gasteiger partial charge in [0.1, 0.15) is 0 Å². The van der Waals surface area contributed by atoms with Gasteiger partial charge in [-0.15, -0.1) is 11.3 Å². The Bertz CT molecular complexity index is 339. The van der Waals surface area contributed by atoms with Gasteiger partial charge in [-0.1, -0.05) is 11.6 Å².